The van der Waals surface area contributed by atoms with Gasteiger partial charge in [-0.05, 0) is 55.0 Å². The van der Waals surface area contributed by atoms with E-state index in [4.69, 9.17) is 9.47 Å². The summed E-state index contributed by atoms with van der Waals surface area (Å²) in [6, 6.07) is 33.5. The van der Waals surface area contributed by atoms with Crippen LogP contribution in [0.25, 0.3) is 0 Å². The average Bonchev–Trinajstić information content (AvgIpc) is 2.96. The molecule has 1 atom stereocenters. The highest BCUT2D eigenvalue weighted by Crippen LogP contribution is 2.24. The summed E-state index contributed by atoms with van der Waals surface area (Å²) in [5.41, 5.74) is 2.78. The van der Waals surface area contributed by atoms with Crippen molar-refractivity contribution in [1.82, 2.24) is 5.32 Å². The predicted octanol–water partition coefficient (Wildman–Crippen LogP) is 5.69. The topological polar surface area (TPSA) is 88.7 Å². The van der Waals surface area contributed by atoms with E-state index in [1.54, 1.807) is 30.3 Å². The Bertz CT molecular complexity index is 1330. The number of hydrogen-bond donors (Lipinski definition) is 3. The van der Waals surface area contributed by atoms with Gasteiger partial charge >= 0.3 is 0 Å². The second-order valence-corrected chi connectivity index (χ2v) is 8.59. The van der Waals surface area contributed by atoms with Gasteiger partial charge in [-0.25, -0.2) is 0 Å². The van der Waals surface area contributed by atoms with Crippen LogP contribution in [0.3, 0.4) is 0 Å². The fraction of sp³-hybridized carbons (Fsp3) is 0.161. The molecule has 4 aromatic carbocycles. The summed E-state index contributed by atoms with van der Waals surface area (Å²) in [4.78, 5) is 25.4. The fourth-order valence-electron chi connectivity index (χ4n) is 3.78. The normalized spacial score (nSPS) is 11.2. The molecule has 0 bridgehead atoms. The summed E-state index contributed by atoms with van der Waals surface area (Å²) in [5, 5.41) is 8.96. The van der Waals surface area contributed by atoms with E-state index in [9.17, 15) is 9.59 Å². The molecule has 4 rings (SSSR count). The predicted molar refractivity (Wildman–Crippen MR) is 150 cm³/mol. The first-order valence-corrected chi connectivity index (χ1v) is 12.5. The molecular formula is C31H31N3O4. The number of para-hydroxylation sites is 3. The lowest BCUT2D eigenvalue weighted by molar-refractivity contribution is -0.114. The van der Waals surface area contributed by atoms with Crippen molar-refractivity contribution in [1.29, 1.82) is 0 Å². The van der Waals surface area contributed by atoms with Crippen LogP contribution in [0.2, 0.25) is 0 Å². The maximum Gasteiger partial charge on any atom is 0.251 e. The van der Waals surface area contributed by atoms with Gasteiger partial charge in [-0.15, -0.1) is 0 Å². The first-order chi connectivity index (χ1) is 18.6. The van der Waals surface area contributed by atoms with E-state index >= 15 is 0 Å². The van der Waals surface area contributed by atoms with Gasteiger partial charge in [0.1, 0.15) is 24.7 Å². The maximum atomic E-state index is 12.7. The monoisotopic (exact) mass is 509 g/mol. The molecule has 0 saturated carbocycles. The van der Waals surface area contributed by atoms with Crippen LogP contribution < -0.4 is 25.4 Å². The van der Waals surface area contributed by atoms with Crippen molar-refractivity contribution < 1.29 is 19.1 Å². The van der Waals surface area contributed by atoms with Gasteiger partial charge in [-0.2, -0.15) is 0 Å². The molecule has 0 aliphatic carbocycles. The molecule has 38 heavy (non-hydrogen) atoms. The van der Waals surface area contributed by atoms with Gasteiger partial charge < -0.3 is 25.4 Å². The van der Waals surface area contributed by atoms with Crippen molar-refractivity contribution in [3.63, 3.8) is 0 Å². The highest BCUT2D eigenvalue weighted by atomic mass is 16.5. The van der Waals surface area contributed by atoms with E-state index in [0.29, 0.717) is 35.9 Å². The fourth-order valence-corrected chi connectivity index (χ4v) is 3.78. The minimum Gasteiger partial charge on any atom is -0.490 e. The number of benzene rings is 4. The van der Waals surface area contributed by atoms with E-state index in [0.717, 1.165) is 11.3 Å². The van der Waals surface area contributed by atoms with Gasteiger partial charge in [-0.3, -0.25) is 9.59 Å². The number of ether oxygens (including phenoxy) is 2. The number of carbonyl (C=O) groups excluding carboxylic acids is 2. The number of hydrogen-bond acceptors (Lipinski definition) is 5. The van der Waals surface area contributed by atoms with Crippen LogP contribution in [0.4, 0.5) is 11.4 Å². The lowest BCUT2D eigenvalue weighted by Crippen LogP contribution is -2.27. The number of rotatable bonds is 12. The molecule has 1 unspecified atom stereocenters. The van der Waals surface area contributed by atoms with Gasteiger partial charge in [0.2, 0.25) is 5.91 Å². The first-order valence-electron chi connectivity index (χ1n) is 12.5. The van der Waals surface area contributed by atoms with Gasteiger partial charge in [-0.1, -0.05) is 66.7 Å². The molecule has 3 N–H and O–H groups in total. The van der Waals surface area contributed by atoms with Crippen molar-refractivity contribution >= 4 is 23.2 Å². The molecule has 0 aliphatic heterocycles. The van der Waals surface area contributed by atoms with E-state index in [2.05, 4.69) is 16.0 Å². The van der Waals surface area contributed by atoms with Gasteiger partial charge in [0, 0.05) is 11.3 Å². The quantitative estimate of drug-likeness (QED) is 0.214. The Morgan fingerprint density at radius 3 is 2.24 bits per heavy atom. The third-order valence-electron chi connectivity index (χ3n) is 5.74. The van der Waals surface area contributed by atoms with E-state index in [1.165, 1.54) is 0 Å². The number of nitrogens with one attached hydrogen (secondary N) is 3. The zero-order valence-corrected chi connectivity index (χ0v) is 21.2. The van der Waals surface area contributed by atoms with Crippen LogP contribution in [0.5, 0.6) is 11.5 Å². The van der Waals surface area contributed by atoms with Crippen molar-refractivity contribution in [3.8, 4) is 11.5 Å². The Morgan fingerprint density at radius 1 is 0.763 bits per heavy atom. The number of amides is 2. The Balaban J connectivity index is 1.26. The summed E-state index contributed by atoms with van der Waals surface area (Å²) in [6.07, 6.45) is 0. The summed E-state index contributed by atoms with van der Waals surface area (Å²) < 4.78 is 11.5. The molecule has 0 fully saturated rings. The Morgan fingerprint density at radius 2 is 1.45 bits per heavy atom. The van der Waals surface area contributed by atoms with Gasteiger partial charge in [0.15, 0.2) is 0 Å². The summed E-state index contributed by atoms with van der Waals surface area (Å²) >= 11 is 0. The maximum absolute atomic E-state index is 12.7. The van der Waals surface area contributed by atoms with Crippen LogP contribution in [0.1, 0.15) is 28.9 Å². The minimum atomic E-state index is -0.242. The van der Waals surface area contributed by atoms with Crippen LogP contribution in [0, 0.1) is 0 Å². The third kappa shape index (κ3) is 7.86. The molecule has 0 aliphatic rings. The SMILES string of the molecule is CC(NC(=O)c1cccc(NCC(=O)Nc2ccccc2OCCOc2ccccc2)c1)c1ccccc1. The molecule has 194 valence electrons. The number of carbonyl (C=O) groups is 2. The second kappa shape index (κ2) is 13.5. The van der Waals surface area contributed by atoms with Crippen molar-refractivity contribution in [2.45, 2.75) is 13.0 Å². The Kier molecular flexibility index (Phi) is 9.34. The van der Waals surface area contributed by atoms with Gasteiger partial charge in [0.25, 0.3) is 5.91 Å². The van der Waals surface area contributed by atoms with Crippen LogP contribution in [-0.2, 0) is 4.79 Å². The second-order valence-electron chi connectivity index (χ2n) is 8.59. The molecule has 0 spiro atoms. The Hall–Kier alpha value is -4.78. The summed E-state index contributed by atoms with van der Waals surface area (Å²) in [7, 11) is 0. The molecule has 0 radical (unpaired) electrons. The van der Waals surface area contributed by atoms with E-state index in [-0.39, 0.29) is 24.4 Å². The zero-order valence-electron chi connectivity index (χ0n) is 21.2. The molecular weight excluding hydrogens is 478 g/mol. The van der Waals surface area contributed by atoms with E-state index < -0.39 is 0 Å². The minimum absolute atomic E-state index is 0.0247. The third-order valence-corrected chi connectivity index (χ3v) is 5.74. The molecule has 7 heteroatoms. The first kappa shape index (κ1) is 26.3. The lowest BCUT2D eigenvalue weighted by Gasteiger charge is -2.15. The standard InChI is InChI=1S/C31H31N3O4/c1-23(24-11-4-2-5-12-24)33-31(36)25-13-10-14-26(21-25)32-22-30(35)34-28-17-8-9-18-29(28)38-20-19-37-27-15-6-3-7-16-27/h2-18,21,23,32H,19-20,22H2,1H3,(H,33,36)(H,34,35). The number of anilines is 2. The van der Waals surface area contributed by atoms with Crippen molar-refractivity contribution in [3.05, 3.63) is 120 Å². The molecule has 0 aromatic heterocycles. The largest absolute Gasteiger partial charge is 0.490 e. The molecule has 7 nitrogen and oxygen atoms in total. The van der Waals surface area contributed by atoms with Crippen molar-refractivity contribution in [2.75, 3.05) is 30.4 Å². The van der Waals surface area contributed by atoms with Crippen LogP contribution >= 0.6 is 0 Å². The average molecular weight is 510 g/mol. The highest BCUT2D eigenvalue weighted by molar-refractivity contribution is 5.97. The van der Waals surface area contributed by atoms with Crippen LogP contribution in [-0.4, -0.2) is 31.6 Å². The Labute approximate surface area is 222 Å². The van der Waals surface area contributed by atoms with Gasteiger partial charge in [0.05, 0.1) is 18.3 Å². The summed E-state index contributed by atoms with van der Waals surface area (Å²) in [6.45, 7) is 2.67. The zero-order chi connectivity index (χ0) is 26.6. The highest BCUT2D eigenvalue weighted by Gasteiger charge is 2.12. The summed E-state index contributed by atoms with van der Waals surface area (Å²) in [5.74, 6) is 0.908. The van der Waals surface area contributed by atoms with Crippen molar-refractivity contribution in [2.24, 2.45) is 0 Å². The molecule has 2 amide bonds. The smallest absolute Gasteiger partial charge is 0.251 e. The van der Waals surface area contributed by atoms with Crippen LogP contribution in [0.15, 0.2) is 109 Å². The molecule has 0 saturated heterocycles. The molecule has 0 heterocycles. The molecule has 4 aromatic rings. The lowest BCUT2D eigenvalue weighted by atomic mass is 10.1. The van der Waals surface area contributed by atoms with E-state index in [1.807, 2.05) is 85.8 Å².